The molecule has 2 fully saturated rings. The number of aryl methyl sites for hydroxylation is 1. The maximum atomic E-state index is 13.9. The SMILES string of the molecule is Cc1cc(F)c(N2CCC3(CC2)OCCO3)c(F)c1. The van der Waals surface area contributed by atoms with Crippen molar-refractivity contribution in [2.24, 2.45) is 0 Å². The molecule has 0 aliphatic carbocycles. The van der Waals surface area contributed by atoms with Gasteiger partial charge in [-0.05, 0) is 24.6 Å². The highest BCUT2D eigenvalue weighted by atomic mass is 19.1. The summed E-state index contributed by atoms with van der Waals surface area (Å²) >= 11 is 0. The van der Waals surface area contributed by atoms with Crippen molar-refractivity contribution in [3.63, 3.8) is 0 Å². The van der Waals surface area contributed by atoms with E-state index in [9.17, 15) is 8.78 Å². The van der Waals surface area contributed by atoms with Crippen molar-refractivity contribution < 1.29 is 18.3 Å². The van der Waals surface area contributed by atoms with Crippen molar-refractivity contribution in [2.45, 2.75) is 25.6 Å². The van der Waals surface area contributed by atoms with Gasteiger partial charge in [-0.2, -0.15) is 0 Å². The van der Waals surface area contributed by atoms with Gasteiger partial charge in [0.1, 0.15) is 17.3 Å². The Morgan fingerprint density at radius 1 is 1.05 bits per heavy atom. The molecule has 2 aliphatic rings. The number of benzene rings is 1. The maximum Gasteiger partial charge on any atom is 0.171 e. The van der Waals surface area contributed by atoms with Gasteiger partial charge in [-0.1, -0.05) is 0 Å². The van der Waals surface area contributed by atoms with E-state index in [2.05, 4.69) is 0 Å². The van der Waals surface area contributed by atoms with Crippen LogP contribution in [0.25, 0.3) is 0 Å². The van der Waals surface area contributed by atoms with Crippen LogP contribution in [-0.4, -0.2) is 32.1 Å². The first-order chi connectivity index (χ1) is 9.10. The fourth-order valence-electron chi connectivity index (χ4n) is 2.85. The monoisotopic (exact) mass is 269 g/mol. The standard InChI is InChI=1S/C14H17F2NO2/c1-10-8-11(15)13(12(16)9-10)17-4-2-14(3-5-17)18-6-7-19-14/h8-9H,2-7H2,1H3. The largest absolute Gasteiger partial charge is 0.366 e. The van der Waals surface area contributed by atoms with Crippen molar-refractivity contribution in [1.82, 2.24) is 0 Å². The van der Waals surface area contributed by atoms with Crippen molar-refractivity contribution in [3.05, 3.63) is 29.3 Å². The van der Waals surface area contributed by atoms with E-state index < -0.39 is 17.4 Å². The zero-order valence-corrected chi connectivity index (χ0v) is 10.9. The van der Waals surface area contributed by atoms with Crippen LogP contribution in [0.1, 0.15) is 18.4 Å². The Balaban J connectivity index is 1.78. The highest BCUT2D eigenvalue weighted by Crippen LogP contribution is 2.35. The molecule has 0 saturated carbocycles. The second-order valence-corrected chi connectivity index (χ2v) is 5.17. The van der Waals surface area contributed by atoms with Crippen LogP contribution in [0, 0.1) is 18.6 Å². The lowest BCUT2D eigenvalue weighted by Gasteiger charge is -2.38. The highest BCUT2D eigenvalue weighted by Gasteiger charge is 2.40. The number of ether oxygens (including phenoxy) is 2. The number of halogens is 2. The smallest absolute Gasteiger partial charge is 0.171 e. The molecule has 5 heteroatoms. The highest BCUT2D eigenvalue weighted by molar-refractivity contribution is 5.51. The molecule has 1 aromatic rings. The molecule has 0 atom stereocenters. The molecule has 1 aromatic carbocycles. The van der Waals surface area contributed by atoms with Gasteiger partial charge in [-0.15, -0.1) is 0 Å². The number of rotatable bonds is 1. The van der Waals surface area contributed by atoms with E-state index in [0.717, 1.165) is 0 Å². The van der Waals surface area contributed by atoms with Gasteiger partial charge in [-0.3, -0.25) is 0 Å². The summed E-state index contributed by atoms with van der Waals surface area (Å²) < 4.78 is 39.1. The van der Waals surface area contributed by atoms with Crippen molar-refractivity contribution in [2.75, 3.05) is 31.2 Å². The van der Waals surface area contributed by atoms with Crippen LogP contribution < -0.4 is 4.90 Å². The Morgan fingerprint density at radius 3 is 2.11 bits per heavy atom. The Bertz CT molecular complexity index is 453. The third-order valence-corrected chi connectivity index (χ3v) is 3.82. The molecule has 1 spiro atoms. The molecule has 2 heterocycles. The van der Waals surface area contributed by atoms with Crippen LogP contribution in [0.5, 0.6) is 0 Å². The normalized spacial score (nSPS) is 22.2. The molecule has 19 heavy (non-hydrogen) atoms. The number of hydrogen-bond donors (Lipinski definition) is 0. The van der Waals surface area contributed by atoms with E-state index in [1.54, 1.807) is 11.8 Å². The molecule has 3 nitrogen and oxygen atoms in total. The first-order valence-corrected chi connectivity index (χ1v) is 6.58. The molecule has 0 bridgehead atoms. The molecular weight excluding hydrogens is 252 g/mol. The van der Waals surface area contributed by atoms with E-state index in [-0.39, 0.29) is 5.69 Å². The van der Waals surface area contributed by atoms with Crippen LogP contribution >= 0.6 is 0 Å². The van der Waals surface area contributed by atoms with E-state index >= 15 is 0 Å². The molecule has 2 aliphatic heterocycles. The molecule has 104 valence electrons. The molecule has 2 saturated heterocycles. The molecule has 0 unspecified atom stereocenters. The van der Waals surface area contributed by atoms with Crippen molar-refractivity contribution in [3.8, 4) is 0 Å². The third-order valence-electron chi connectivity index (χ3n) is 3.82. The zero-order chi connectivity index (χ0) is 13.5. The fourth-order valence-corrected chi connectivity index (χ4v) is 2.85. The molecular formula is C14H17F2NO2. The first kappa shape index (κ1) is 12.8. The maximum absolute atomic E-state index is 13.9. The molecule has 3 rings (SSSR count). The number of hydrogen-bond acceptors (Lipinski definition) is 3. The minimum atomic E-state index is -0.520. The average Bonchev–Trinajstić information content (AvgIpc) is 2.79. The lowest BCUT2D eigenvalue weighted by molar-refractivity contribution is -0.169. The van der Waals surface area contributed by atoms with Gasteiger partial charge in [-0.25, -0.2) is 8.78 Å². The lowest BCUT2D eigenvalue weighted by Crippen LogP contribution is -2.45. The minimum absolute atomic E-state index is 0.0680. The fraction of sp³-hybridized carbons (Fsp3) is 0.571. The number of piperidine rings is 1. The van der Waals surface area contributed by atoms with Gasteiger partial charge in [0, 0.05) is 25.9 Å². The number of nitrogens with zero attached hydrogens (tertiary/aromatic N) is 1. The predicted octanol–water partition coefficient (Wildman–Crippen LogP) is 2.62. The molecule has 0 aromatic heterocycles. The quantitative estimate of drug-likeness (QED) is 0.782. The Kier molecular flexibility index (Phi) is 3.19. The van der Waals surface area contributed by atoms with E-state index in [1.165, 1.54) is 12.1 Å². The van der Waals surface area contributed by atoms with Gasteiger partial charge in [0.2, 0.25) is 0 Å². The van der Waals surface area contributed by atoms with Gasteiger partial charge in [0.15, 0.2) is 5.79 Å². The third kappa shape index (κ3) is 2.32. The van der Waals surface area contributed by atoms with E-state index in [0.29, 0.717) is 44.7 Å². The summed E-state index contributed by atoms with van der Waals surface area (Å²) in [7, 11) is 0. The summed E-state index contributed by atoms with van der Waals surface area (Å²) in [6, 6.07) is 2.73. The first-order valence-electron chi connectivity index (χ1n) is 6.58. The van der Waals surface area contributed by atoms with Gasteiger partial charge < -0.3 is 14.4 Å². The Labute approximate surface area is 111 Å². The van der Waals surface area contributed by atoms with Crippen LogP contribution in [0.4, 0.5) is 14.5 Å². The van der Waals surface area contributed by atoms with Crippen LogP contribution in [-0.2, 0) is 9.47 Å². The summed E-state index contributed by atoms with van der Waals surface area (Å²) in [5, 5.41) is 0. The second kappa shape index (κ2) is 4.72. The summed E-state index contributed by atoms with van der Waals surface area (Å²) in [6.45, 7) is 3.97. The summed E-state index contributed by atoms with van der Waals surface area (Å²) in [5.74, 6) is -1.52. The summed E-state index contributed by atoms with van der Waals surface area (Å²) in [4.78, 5) is 1.74. The summed E-state index contributed by atoms with van der Waals surface area (Å²) in [5.41, 5.74) is 0.660. The Morgan fingerprint density at radius 2 is 1.58 bits per heavy atom. The summed E-state index contributed by atoms with van der Waals surface area (Å²) in [6.07, 6.45) is 1.28. The Hall–Kier alpha value is -1.20. The van der Waals surface area contributed by atoms with Gasteiger partial charge >= 0.3 is 0 Å². The lowest BCUT2D eigenvalue weighted by atomic mass is 10.0. The predicted molar refractivity (Wildman–Crippen MR) is 67.2 cm³/mol. The molecule has 0 amide bonds. The van der Waals surface area contributed by atoms with Crippen molar-refractivity contribution in [1.29, 1.82) is 0 Å². The van der Waals surface area contributed by atoms with Crippen LogP contribution in [0.15, 0.2) is 12.1 Å². The second-order valence-electron chi connectivity index (χ2n) is 5.17. The van der Waals surface area contributed by atoms with Gasteiger partial charge in [0.25, 0.3) is 0 Å². The van der Waals surface area contributed by atoms with Crippen LogP contribution in [0.2, 0.25) is 0 Å². The van der Waals surface area contributed by atoms with Gasteiger partial charge in [0.05, 0.1) is 13.2 Å². The molecule has 0 N–H and O–H groups in total. The molecule has 0 radical (unpaired) electrons. The van der Waals surface area contributed by atoms with Crippen molar-refractivity contribution >= 4 is 5.69 Å². The van der Waals surface area contributed by atoms with Crippen LogP contribution in [0.3, 0.4) is 0 Å². The van der Waals surface area contributed by atoms with E-state index in [1.807, 2.05) is 0 Å². The zero-order valence-electron chi connectivity index (χ0n) is 10.9. The number of anilines is 1. The minimum Gasteiger partial charge on any atom is -0.366 e. The topological polar surface area (TPSA) is 21.7 Å². The van der Waals surface area contributed by atoms with E-state index in [4.69, 9.17) is 9.47 Å². The average molecular weight is 269 g/mol.